The van der Waals surface area contributed by atoms with Crippen molar-refractivity contribution in [1.29, 1.82) is 0 Å². The van der Waals surface area contributed by atoms with Crippen LogP contribution in [0.3, 0.4) is 0 Å². The molecule has 3 atom stereocenters. The normalized spacial score (nSPS) is 22.2. The maximum absolute atomic E-state index is 6.07. The molecular formula is C25H24N2O. The molecule has 0 bridgehead atoms. The molecule has 1 N–H and O–H groups in total. The molecule has 28 heavy (non-hydrogen) atoms. The number of ether oxygens (including phenoxy) is 1. The molecule has 2 aromatic carbocycles. The third-order valence-corrected chi connectivity index (χ3v) is 5.88. The lowest BCUT2D eigenvalue weighted by Gasteiger charge is -2.37. The van der Waals surface area contributed by atoms with Crippen molar-refractivity contribution in [2.45, 2.75) is 24.8 Å². The zero-order valence-electron chi connectivity index (χ0n) is 15.8. The van der Waals surface area contributed by atoms with E-state index in [9.17, 15) is 0 Å². The summed E-state index contributed by atoms with van der Waals surface area (Å²) in [6.45, 7) is 0.693. The van der Waals surface area contributed by atoms with Gasteiger partial charge in [0.1, 0.15) is 5.75 Å². The number of hydrogen-bond donors (Lipinski definition) is 1. The van der Waals surface area contributed by atoms with E-state index >= 15 is 0 Å². The molecule has 0 radical (unpaired) electrons. The lowest BCUT2D eigenvalue weighted by atomic mass is 9.77. The number of pyridine rings is 1. The van der Waals surface area contributed by atoms with Gasteiger partial charge in [0.15, 0.2) is 0 Å². The first-order valence-electron chi connectivity index (χ1n) is 10.0. The summed E-state index contributed by atoms with van der Waals surface area (Å²) in [5, 5.41) is 3.76. The fourth-order valence-corrected chi connectivity index (χ4v) is 4.48. The highest BCUT2D eigenvalue weighted by Crippen LogP contribution is 2.50. The molecule has 3 unspecified atom stereocenters. The number of anilines is 1. The van der Waals surface area contributed by atoms with E-state index in [2.05, 4.69) is 71.0 Å². The van der Waals surface area contributed by atoms with Gasteiger partial charge in [-0.05, 0) is 53.3 Å². The summed E-state index contributed by atoms with van der Waals surface area (Å²) in [4.78, 5) is 4.32. The fourth-order valence-electron chi connectivity index (χ4n) is 4.48. The van der Waals surface area contributed by atoms with Crippen molar-refractivity contribution < 1.29 is 4.74 Å². The number of fused-ring (bicyclic) bond motifs is 3. The predicted octanol–water partition coefficient (Wildman–Crippen LogP) is 5.53. The quantitative estimate of drug-likeness (QED) is 0.601. The zero-order valence-corrected chi connectivity index (χ0v) is 15.8. The van der Waals surface area contributed by atoms with Crippen LogP contribution in [0.25, 0.3) is 0 Å². The third kappa shape index (κ3) is 3.29. The van der Waals surface area contributed by atoms with Gasteiger partial charge in [0.05, 0.1) is 12.6 Å². The summed E-state index contributed by atoms with van der Waals surface area (Å²) in [5.41, 5.74) is 5.11. The van der Waals surface area contributed by atoms with Gasteiger partial charge in [0.2, 0.25) is 0 Å². The van der Waals surface area contributed by atoms with Crippen LogP contribution in [0.15, 0.2) is 85.2 Å². The van der Waals surface area contributed by atoms with Crippen molar-refractivity contribution in [3.8, 4) is 5.75 Å². The number of allylic oxidation sites excluding steroid dienone is 2. The Kier molecular flexibility index (Phi) is 4.58. The van der Waals surface area contributed by atoms with Crippen LogP contribution in [-0.2, 0) is 6.42 Å². The Morgan fingerprint density at radius 2 is 1.96 bits per heavy atom. The molecule has 2 heterocycles. The Bertz CT molecular complexity index is 968. The van der Waals surface area contributed by atoms with Gasteiger partial charge >= 0.3 is 0 Å². The maximum Gasteiger partial charge on any atom is 0.119 e. The van der Waals surface area contributed by atoms with Gasteiger partial charge in [-0.25, -0.2) is 0 Å². The number of aromatic nitrogens is 1. The Balaban J connectivity index is 1.35. The molecular weight excluding hydrogens is 344 g/mol. The maximum atomic E-state index is 6.07. The molecule has 3 heteroatoms. The molecule has 0 spiro atoms. The number of hydrogen-bond acceptors (Lipinski definition) is 3. The van der Waals surface area contributed by atoms with Crippen LogP contribution in [0, 0.1) is 5.92 Å². The standard InChI is InChI=1S/C25H24N2O/c1-2-6-18(7-3-1)13-15-28-20-11-12-24-23(16-20)21-9-4-10-22(21)25(27-24)19-8-5-14-26-17-19/h1-9,11-12,14,16-17,21-22,25,27H,10,13,15H2. The van der Waals surface area contributed by atoms with Crippen molar-refractivity contribution in [2.75, 3.05) is 11.9 Å². The van der Waals surface area contributed by atoms with Crippen LogP contribution >= 0.6 is 0 Å². The van der Waals surface area contributed by atoms with E-state index in [1.54, 1.807) is 0 Å². The molecule has 1 aromatic heterocycles. The molecule has 3 nitrogen and oxygen atoms in total. The zero-order chi connectivity index (χ0) is 18.8. The van der Waals surface area contributed by atoms with Crippen LogP contribution in [0.5, 0.6) is 5.75 Å². The van der Waals surface area contributed by atoms with Crippen LogP contribution in [0.1, 0.15) is 35.1 Å². The minimum absolute atomic E-state index is 0.297. The van der Waals surface area contributed by atoms with Gasteiger partial charge in [0.25, 0.3) is 0 Å². The van der Waals surface area contributed by atoms with Crippen molar-refractivity contribution in [3.63, 3.8) is 0 Å². The summed E-state index contributed by atoms with van der Waals surface area (Å²) >= 11 is 0. The van der Waals surface area contributed by atoms with Gasteiger partial charge in [-0.1, -0.05) is 48.6 Å². The first-order valence-corrected chi connectivity index (χ1v) is 10.0. The number of nitrogens with zero attached hydrogens (tertiary/aromatic N) is 1. The molecule has 0 fully saturated rings. The molecule has 0 saturated carbocycles. The Hall–Kier alpha value is -3.07. The summed E-state index contributed by atoms with van der Waals surface area (Å²) < 4.78 is 6.07. The first kappa shape index (κ1) is 17.1. The predicted molar refractivity (Wildman–Crippen MR) is 113 cm³/mol. The fraction of sp³-hybridized carbons (Fsp3) is 0.240. The highest BCUT2D eigenvalue weighted by molar-refractivity contribution is 5.61. The van der Waals surface area contributed by atoms with Crippen molar-refractivity contribution in [1.82, 2.24) is 4.98 Å². The minimum Gasteiger partial charge on any atom is -0.493 e. The summed E-state index contributed by atoms with van der Waals surface area (Å²) in [5.74, 6) is 1.91. The SMILES string of the molecule is C1=CC2c3cc(OCCc4ccccc4)ccc3NC(c3cccnc3)C2C1. The highest BCUT2D eigenvalue weighted by Gasteiger charge is 2.38. The minimum atomic E-state index is 0.297. The molecule has 2 aliphatic rings. The largest absolute Gasteiger partial charge is 0.493 e. The average molecular weight is 368 g/mol. The van der Waals surface area contributed by atoms with E-state index in [4.69, 9.17) is 4.74 Å². The second kappa shape index (κ2) is 7.51. The van der Waals surface area contributed by atoms with Crippen molar-refractivity contribution >= 4 is 5.69 Å². The molecule has 0 saturated heterocycles. The Labute approximate surface area is 166 Å². The second-order valence-corrected chi connectivity index (χ2v) is 7.59. The van der Waals surface area contributed by atoms with Crippen molar-refractivity contribution in [3.05, 3.63) is 102 Å². The van der Waals surface area contributed by atoms with Crippen LogP contribution in [0.2, 0.25) is 0 Å². The molecule has 1 aliphatic carbocycles. The Morgan fingerprint density at radius 3 is 2.82 bits per heavy atom. The molecule has 1 aliphatic heterocycles. The molecule has 140 valence electrons. The number of rotatable bonds is 5. The van der Waals surface area contributed by atoms with Crippen LogP contribution < -0.4 is 10.1 Å². The smallest absolute Gasteiger partial charge is 0.119 e. The Morgan fingerprint density at radius 1 is 1.04 bits per heavy atom. The van der Waals surface area contributed by atoms with Crippen molar-refractivity contribution in [2.24, 2.45) is 5.92 Å². The highest BCUT2D eigenvalue weighted by atomic mass is 16.5. The van der Waals surface area contributed by atoms with Crippen LogP contribution in [0.4, 0.5) is 5.69 Å². The van der Waals surface area contributed by atoms with Gasteiger partial charge in [-0.15, -0.1) is 0 Å². The monoisotopic (exact) mass is 368 g/mol. The van der Waals surface area contributed by atoms with E-state index < -0.39 is 0 Å². The lowest BCUT2D eigenvalue weighted by molar-refractivity contribution is 0.320. The first-order chi connectivity index (χ1) is 13.9. The second-order valence-electron chi connectivity index (χ2n) is 7.59. The number of nitrogens with one attached hydrogen (secondary N) is 1. The third-order valence-electron chi connectivity index (χ3n) is 5.88. The number of benzene rings is 2. The van der Waals surface area contributed by atoms with E-state index in [1.807, 2.05) is 24.5 Å². The molecule has 3 aromatic rings. The topological polar surface area (TPSA) is 34.1 Å². The van der Waals surface area contributed by atoms with E-state index in [0.29, 0.717) is 24.5 Å². The van der Waals surface area contributed by atoms with Gasteiger partial charge in [-0.2, -0.15) is 0 Å². The molecule has 5 rings (SSSR count). The molecule has 0 amide bonds. The van der Waals surface area contributed by atoms with Gasteiger partial charge in [0, 0.05) is 30.4 Å². The lowest BCUT2D eigenvalue weighted by Crippen LogP contribution is -2.29. The summed E-state index contributed by atoms with van der Waals surface area (Å²) in [6.07, 6.45) is 10.5. The van der Waals surface area contributed by atoms with E-state index in [0.717, 1.165) is 18.6 Å². The van der Waals surface area contributed by atoms with Gasteiger partial charge < -0.3 is 10.1 Å². The average Bonchev–Trinajstić information content (AvgIpc) is 3.25. The van der Waals surface area contributed by atoms with E-state index in [-0.39, 0.29) is 0 Å². The summed E-state index contributed by atoms with van der Waals surface area (Å²) in [6, 6.07) is 21.4. The van der Waals surface area contributed by atoms with Crippen LogP contribution in [-0.4, -0.2) is 11.6 Å². The van der Waals surface area contributed by atoms with E-state index in [1.165, 1.54) is 22.4 Å². The summed E-state index contributed by atoms with van der Waals surface area (Å²) in [7, 11) is 0. The van der Waals surface area contributed by atoms with Gasteiger partial charge in [-0.3, -0.25) is 4.98 Å².